The van der Waals surface area contributed by atoms with Crippen LogP contribution in [0.15, 0.2) is 29.3 Å². The van der Waals surface area contributed by atoms with E-state index >= 15 is 0 Å². The topological polar surface area (TPSA) is 52.1 Å². The van der Waals surface area contributed by atoms with Gasteiger partial charge in [-0.25, -0.2) is 0 Å². The molecule has 0 aliphatic carbocycles. The van der Waals surface area contributed by atoms with Crippen LogP contribution in [-0.4, -0.2) is 75.4 Å². The second-order valence-electron chi connectivity index (χ2n) is 8.51. The summed E-state index contributed by atoms with van der Waals surface area (Å²) in [6, 6.07) is 8.51. The third kappa shape index (κ3) is 4.98. The fraction of sp³-hybridized carbons (Fsp3) is 0.682. The second kappa shape index (κ2) is 9.54. The van der Waals surface area contributed by atoms with E-state index in [9.17, 15) is 0 Å². The summed E-state index contributed by atoms with van der Waals surface area (Å²) in [5.41, 5.74) is 1.40. The summed E-state index contributed by atoms with van der Waals surface area (Å²) < 4.78 is 5.67. The first-order valence-electron chi connectivity index (χ1n) is 11.0. The summed E-state index contributed by atoms with van der Waals surface area (Å²) >= 11 is 6.16. The summed E-state index contributed by atoms with van der Waals surface area (Å²) in [6.45, 7) is 7.08. The van der Waals surface area contributed by atoms with Gasteiger partial charge in [0.2, 0.25) is 0 Å². The highest BCUT2D eigenvalue weighted by molar-refractivity contribution is 6.30. The molecule has 1 atom stereocenters. The minimum atomic E-state index is 0.203. The molecule has 3 fully saturated rings. The molecule has 0 saturated carbocycles. The van der Waals surface area contributed by atoms with Gasteiger partial charge in [-0.15, -0.1) is 0 Å². The van der Waals surface area contributed by atoms with Crippen LogP contribution < -0.4 is 15.5 Å². The van der Waals surface area contributed by atoms with Crippen LogP contribution in [0.5, 0.6) is 0 Å². The maximum atomic E-state index is 6.16. The Morgan fingerprint density at radius 1 is 1.24 bits per heavy atom. The van der Waals surface area contributed by atoms with Crippen molar-refractivity contribution in [1.82, 2.24) is 15.5 Å². The van der Waals surface area contributed by atoms with Crippen molar-refractivity contribution in [2.45, 2.75) is 43.7 Å². The van der Waals surface area contributed by atoms with Crippen LogP contribution in [0, 0.1) is 0 Å². The van der Waals surface area contributed by atoms with Gasteiger partial charge >= 0.3 is 0 Å². The van der Waals surface area contributed by atoms with Gasteiger partial charge in [-0.3, -0.25) is 9.89 Å². The van der Waals surface area contributed by atoms with E-state index in [0.29, 0.717) is 6.04 Å². The smallest absolute Gasteiger partial charge is 0.191 e. The van der Waals surface area contributed by atoms with Crippen LogP contribution in [0.2, 0.25) is 5.02 Å². The zero-order chi connectivity index (χ0) is 20.1. The van der Waals surface area contributed by atoms with Gasteiger partial charge in [-0.2, -0.15) is 0 Å². The number of halogens is 1. The van der Waals surface area contributed by atoms with E-state index in [1.165, 1.54) is 31.6 Å². The zero-order valence-electron chi connectivity index (χ0n) is 17.5. The molecule has 0 amide bonds. The third-order valence-electron chi connectivity index (χ3n) is 6.71. The van der Waals surface area contributed by atoms with Crippen LogP contribution in [0.4, 0.5) is 5.69 Å². The van der Waals surface area contributed by atoms with Gasteiger partial charge in [0.25, 0.3) is 0 Å². The van der Waals surface area contributed by atoms with E-state index in [0.717, 1.165) is 63.1 Å². The molecule has 1 unspecified atom stereocenters. The Balaban J connectivity index is 1.32. The van der Waals surface area contributed by atoms with Crippen molar-refractivity contribution in [3.8, 4) is 0 Å². The number of anilines is 1. The molecular weight excluding hydrogens is 386 g/mol. The van der Waals surface area contributed by atoms with Crippen LogP contribution in [0.1, 0.15) is 32.1 Å². The predicted octanol–water partition coefficient (Wildman–Crippen LogP) is 2.73. The molecule has 3 heterocycles. The summed E-state index contributed by atoms with van der Waals surface area (Å²) in [5, 5.41) is 8.08. The van der Waals surface area contributed by atoms with Crippen LogP contribution in [-0.2, 0) is 4.74 Å². The Kier molecular flexibility index (Phi) is 6.83. The molecule has 29 heavy (non-hydrogen) atoms. The SMILES string of the molecule is CN=C(NCC1(N2CCCC2)CCOCC1)NC1CCN(c2cccc(Cl)c2)C1. The molecule has 2 N–H and O–H groups in total. The summed E-state index contributed by atoms with van der Waals surface area (Å²) in [5.74, 6) is 0.910. The number of nitrogens with one attached hydrogen (secondary N) is 2. The normalized spacial score (nSPS) is 25.4. The van der Waals surface area contributed by atoms with Gasteiger partial charge < -0.3 is 20.3 Å². The van der Waals surface area contributed by atoms with E-state index < -0.39 is 0 Å². The number of nitrogens with zero attached hydrogens (tertiary/aromatic N) is 3. The van der Waals surface area contributed by atoms with Crippen molar-refractivity contribution in [2.75, 3.05) is 57.9 Å². The number of rotatable bonds is 5. The first-order chi connectivity index (χ1) is 14.2. The molecule has 1 aromatic carbocycles. The van der Waals surface area contributed by atoms with Crippen LogP contribution in [0.3, 0.4) is 0 Å². The lowest BCUT2D eigenvalue weighted by Gasteiger charge is -2.45. The minimum absolute atomic E-state index is 0.203. The van der Waals surface area contributed by atoms with Gasteiger partial charge in [0.05, 0.1) is 0 Å². The van der Waals surface area contributed by atoms with Crippen molar-refractivity contribution in [1.29, 1.82) is 0 Å². The van der Waals surface area contributed by atoms with Crippen LogP contribution in [0.25, 0.3) is 0 Å². The Morgan fingerprint density at radius 3 is 2.76 bits per heavy atom. The molecule has 4 rings (SSSR count). The van der Waals surface area contributed by atoms with E-state index in [2.05, 4.69) is 31.5 Å². The molecule has 7 heteroatoms. The Hall–Kier alpha value is -1.50. The first-order valence-corrected chi connectivity index (χ1v) is 11.4. The molecule has 3 aliphatic heterocycles. The van der Waals surface area contributed by atoms with Gasteiger partial charge in [0.1, 0.15) is 0 Å². The second-order valence-corrected chi connectivity index (χ2v) is 8.95. The number of hydrogen-bond acceptors (Lipinski definition) is 4. The van der Waals surface area contributed by atoms with E-state index in [4.69, 9.17) is 16.3 Å². The Morgan fingerprint density at radius 2 is 2.03 bits per heavy atom. The molecule has 1 aromatic rings. The molecule has 6 nitrogen and oxygen atoms in total. The molecule has 0 aromatic heterocycles. The molecular formula is C22H34ClN5O. The maximum absolute atomic E-state index is 6.16. The van der Waals surface area contributed by atoms with Crippen molar-refractivity contribution in [3.05, 3.63) is 29.3 Å². The highest BCUT2D eigenvalue weighted by atomic mass is 35.5. The van der Waals surface area contributed by atoms with Gasteiger partial charge in [0, 0.05) is 62.2 Å². The maximum Gasteiger partial charge on any atom is 0.191 e. The number of aliphatic imine (C=N–C) groups is 1. The molecule has 0 spiro atoms. The van der Waals surface area contributed by atoms with Gasteiger partial charge in [0.15, 0.2) is 5.96 Å². The van der Waals surface area contributed by atoms with Crippen molar-refractivity contribution < 1.29 is 4.74 Å². The highest BCUT2D eigenvalue weighted by Gasteiger charge is 2.39. The number of hydrogen-bond donors (Lipinski definition) is 2. The summed E-state index contributed by atoms with van der Waals surface area (Å²) in [6.07, 6.45) is 5.93. The molecule has 0 bridgehead atoms. The Bertz CT molecular complexity index is 700. The highest BCUT2D eigenvalue weighted by Crippen LogP contribution is 2.31. The Labute approximate surface area is 179 Å². The lowest BCUT2D eigenvalue weighted by molar-refractivity contribution is -0.0164. The predicted molar refractivity (Wildman–Crippen MR) is 120 cm³/mol. The standard InChI is InChI=1S/C22H34ClN5O/c1-24-21(25-17-22(8-13-29-14-9-22)28-10-2-3-11-28)26-19-7-12-27(16-19)20-6-4-5-18(23)15-20/h4-6,15,19H,2-3,7-14,16-17H2,1H3,(H2,24,25,26). The van der Waals surface area contributed by atoms with Gasteiger partial charge in [-0.05, 0) is 63.4 Å². The fourth-order valence-electron chi connectivity index (χ4n) is 4.97. The first kappa shape index (κ1) is 20.8. The lowest BCUT2D eigenvalue weighted by Crippen LogP contribution is -2.59. The average molecular weight is 420 g/mol. The quantitative estimate of drug-likeness (QED) is 0.567. The van der Waals surface area contributed by atoms with E-state index in [1.807, 2.05) is 25.2 Å². The fourth-order valence-corrected chi connectivity index (χ4v) is 5.15. The van der Waals surface area contributed by atoms with E-state index in [1.54, 1.807) is 0 Å². The van der Waals surface area contributed by atoms with E-state index in [-0.39, 0.29) is 5.54 Å². The largest absolute Gasteiger partial charge is 0.381 e. The monoisotopic (exact) mass is 419 g/mol. The number of ether oxygens (including phenoxy) is 1. The number of guanidine groups is 1. The van der Waals surface area contributed by atoms with Gasteiger partial charge in [-0.1, -0.05) is 17.7 Å². The summed E-state index contributed by atoms with van der Waals surface area (Å²) in [7, 11) is 1.87. The third-order valence-corrected chi connectivity index (χ3v) is 6.95. The van der Waals surface area contributed by atoms with Crippen LogP contribution >= 0.6 is 11.6 Å². The number of likely N-dealkylation sites (tertiary alicyclic amines) is 1. The number of benzene rings is 1. The summed E-state index contributed by atoms with van der Waals surface area (Å²) in [4.78, 5) is 9.59. The zero-order valence-corrected chi connectivity index (χ0v) is 18.3. The van der Waals surface area contributed by atoms with Crippen molar-refractivity contribution in [2.24, 2.45) is 4.99 Å². The molecule has 3 aliphatic rings. The molecule has 3 saturated heterocycles. The van der Waals surface area contributed by atoms with Crippen molar-refractivity contribution in [3.63, 3.8) is 0 Å². The minimum Gasteiger partial charge on any atom is -0.381 e. The lowest BCUT2D eigenvalue weighted by atomic mass is 9.88. The molecule has 160 valence electrons. The average Bonchev–Trinajstić information content (AvgIpc) is 3.44. The van der Waals surface area contributed by atoms with Crippen molar-refractivity contribution >= 4 is 23.2 Å². The molecule has 0 radical (unpaired) electrons.